The summed E-state index contributed by atoms with van der Waals surface area (Å²) in [5.74, 6) is 1.89. The molecule has 0 spiro atoms. The predicted molar refractivity (Wildman–Crippen MR) is 65.1 cm³/mol. The summed E-state index contributed by atoms with van der Waals surface area (Å²) in [6.45, 7) is 0.948. The molecule has 0 unspecified atom stereocenters. The van der Waals surface area contributed by atoms with E-state index >= 15 is 0 Å². The molecule has 1 aromatic rings. The van der Waals surface area contributed by atoms with Crippen molar-refractivity contribution in [1.82, 2.24) is 5.32 Å². The largest absolute Gasteiger partial charge is 0.309 e. The fraction of sp³-hybridized carbons (Fsp3) is 0.615. The zero-order valence-electron chi connectivity index (χ0n) is 9.28. The Morgan fingerprint density at radius 3 is 2.50 bits per heavy atom. The van der Waals surface area contributed by atoms with Crippen LogP contribution >= 0.6 is 11.3 Å². The van der Waals surface area contributed by atoms with E-state index < -0.39 is 0 Å². The van der Waals surface area contributed by atoms with E-state index in [2.05, 4.69) is 17.5 Å². The van der Waals surface area contributed by atoms with Crippen LogP contribution in [0.5, 0.6) is 0 Å². The Morgan fingerprint density at radius 1 is 1.31 bits per heavy atom. The molecule has 0 aromatic carbocycles. The van der Waals surface area contributed by atoms with Crippen molar-refractivity contribution in [3.05, 3.63) is 21.9 Å². The first-order valence-corrected chi connectivity index (χ1v) is 6.90. The summed E-state index contributed by atoms with van der Waals surface area (Å²) >= 11 is 1.62. The highest BCUT2D eigenvalue weighted by Crippen LogP contribution is 2.44. The van der Waals surface area contributed by atoms with E-state index in [-0.39, 0.29) is 0 Å². The maximum Gasteiger partial charge on any atom is 0.110 e. The van der Waals surface area contributed by atoms with Gasteiger partial charge in [0.05, 0.1) is 0 Å². The second-order valence-electron chi connectivity index (χ2n) is 4.96. The van der Waals surface area contributed by atoms with Crippen LogP contribution in [0.1, 0.15) is 35.4 Å². The quantitative estimate of drug-likeness (QED) is 0.847. The number of nitrogens with zero attached hydrogens (tertiary/aromatic N) is 1. The second kappa shape index (κ2) is 4.20. The van der Waals surface area contributed by atoms with Crippen molar-refractivity contribution in [2.24, 2.45) is 11.8 Å². The Morgan fingerprint density at radius 2 is 2.00 bits per heavy atom. The average molecular weight is 232 g/mol. The fourth-order valence-electron chi connectivity index (χ4n) is 2.38. The van der Waals surface area contributed by atoms with Crippen molar-refractivity contribution >= 4 is 11.3 Å². The Bertz CT molecular complexity index is 398. The molecule has 3 heteroatoms. The molecule has 16 heavy (non-hydrogen) atoms. The van der Waals surface area contributed by atoms with Gasteiger partial charge in [-0.05, 0) is 49.7 Å². The van der Waals surface area contributed by atoms with Gasteiger partial charge in [-0.1, -0.05) is 0 Å². The SMILES string of the molecule is N#Cc1ccc(CNC(C2CC2)C2CC2)s1. The summed E-state index contributed by atoms with van der Waals surface area (Å²) < 4.78 is 0. The van der Waals surface area contributed by atoms with Crippen molar-refractivity contribution < 1.29 is 0 Å². The van der Waals surface area contributed by atoms with Crippen LogP contribution in [0.2, 0.25) is 0 Å². The first-order valence-electron chi connectivity index (χ1n) is 6.09. The lowest BCUT2D eigenvalue weighted by molar-refractivity contribution is 0.417. The highest BCUT2D eigenvalue weighted by molar-refractivity contribution is 7.12. The maximum absolute atomic E-state index is 8.76. The van der Waals surface area contributed by atoms with Gasteiger partial charge < -0.3 is 5.32 Å². The normalized spacial score (nSPS) is 20.0. The van der Waals surface area contributed by atoms with Crippen molar-refractivity contribution in [2.75, 3.05) is 0 Å². The standard InChI is InChI=1S/C13H16N2S/c14-7-11-5-6-12(16-11)8-15-13(9-1-2-9)10-3-4-10/h5-6,9-10,13,15H,1-4,8H2. The monoisotopic (exact) mass is 232 g/mol. The molecule has 3 rings (SSSR count). The molecule has 0 saturated heterocycles. The van der Waals surface area contributed by atoms with Gasteiger partial charge in [-0.2, -0.15) is 5.26 Å². The van der Waals surface area contributed by atoms with E-state index in [0.29, 0.717) is 0 Å². The lowest BCUT2D eigenvalue weighted by Gasteiger charge is -2.16. The lowest BCUT2D eigenvalue weighted by atomic mass is 10.1. The molecule has 84 valence electrons. The minimum absolute atomic E-state index is 0.757. The molecule has 0 amide bonds. The van der Waals surface area contributed by atoms with Gasteiger partial charge in [0.1, 0.15) is 10.9 Å². The van der Waals surface area contributed by atoms with Crippen molar-refractivity contribution in [2.45, 2.75) is 38.3 Å². The van der Waals surface area contributed by atoms with Crippen LogP contribution < -0.4 is 5.32 Å². The molecule has 1 N–H and O–H groups in total. The molecule has 2 saturated carbocycles. The Labute approximate surface area is 100 Å². The van der Waals surface area contributed by atoms with Crippen LogP contribution in [0.3, 0.4) is 0 Å². The third-order valence-electron chi connectivity index (χ3n) is 3.54. The van der Waals surface area contributed by atoms with Crippen LogP contribution in [0.4, 0.5) is 0 Å². The Balaban J connectivity index is 1.56. The zero-order valence-corrected chi connectivity index (χ0v) is 10.1. The van der Waals surface area contributed by atoms with Crippen molar-refractivity contribution in [3.63, 3.8) is 0 Å². The molecule has 2 aliphatic carbocycles. The summed E-state index contributed by atoms with van der Waals surface area (Å²) in [5.41, 5.74) is 0. The number of hydrogen-bond donors (Lipinski definition) is 1. The molecular weight excluding hydrogens is 216 g/mol. The maximum atomic E-state index is 8.76. The van der Waals surface area contributed by atoms with Gasteiger partial charge in [0.15, 0.2) is 0 Å². The fourth-order valence-corrected chi connectivity index (χ4v) is 3.14. The summed E-state index contributed by atoms with van der Waals surface area (Å²) in [6.07, 6.45) is 5.67. The van der Waals surface area contributed by atoms with E-state index in [1.165, 1.54) is 30.6 Å². The average Bonchev–Trinajstić information content (AvgIpc) is 3.20. The van der Waals surface area contributed by atoms with E-state index in [1.54, 1.807) is 11.3 Å². The van der Waals surface area contributed by atoms with Gasteiger partial charge >= 0.3 is 0 Å². The lowest BCUT2D eigenvalue weighted by Crippen LogP contribution is -2.32. The van der Waals surface area contributed by atoms with Crippen LogP contribution in [0, 0.1) is 23.2 Å². The van der Waals surface area contributed by atoms with Gasteiger partial charge in [-0.25, -0.2) is 0 Å². The zero-order chi connectivity index (χ0) is 11.0. The van der Waals surface area contributed by atoms with Crippen molar-refractivity contribution in [3.8, 4) is 6.07 Å². The van der Waals surface area contributed by atoms with Crippen LogP contribution in [0.15, 0.2) is 12.1 Å². The molecule has 2 nitrogen and oxygen atoms in total. The Hall–Kier alpha value is -0.850. The minimum Gasteiger partial charge on any atom is -0.309 e. The van der Waals surface area contributed by atoms with Crippen LogP contribution in [-0.4, -0.2) is 6.04 Å². The van der Waals surface area contributed by atoms with Gasteiger partial charge in [0, 0.05) is 17.5 Å². The molecule has 0 bridgehead atoms. The Kier molecular flexibility index (Phi) is 2.70. The van der Waals surface area contributed by atoms with Crippen LogP contribution in [-0.2, 0) is 6.54 Å². The summed E-state index contributed by atoms with van der Waals surface area (Å²) in [7, 11) is 0. The first kappa shape index (κ1) is 10.3. The third-order valence-corrected chi connectivity index (χ3v) is 4.53. The van der Waals surface area contributed by atoms with Gasteiger partial charge in [-0.15, -0.1) is 11.3 Å². The molecule has 0 atom stereocenters. The molecule has 0 radical (unpaired) electrons. The van der Waals surface area contributed by atoms with Crippen LogP contribution in [0.25, 0.3) is 0 Å². The molecule has 1 aromatic heterocycles. The van der Waals surface area contributed by atoms with E-state index in [4.69, 9.17) is 5.26 Å². The van der Waals surface area contributed by atoms with E-state index in [9.17, 15) is 0 Å². The summed E-state index contributed by atoms with van der Waals surface area (Å²) in [5, 5.41) is 12.5. The van der Waals surface area contributed by atoms with E-state index in [1.807, 2.05) is 6.07 Å². The molecule has 0 aliphatic heterocycles. The first-order chi connectivity index (χ1) is 7.86. The number of hydrogen-bond acceptors (Lipinski definition) is 3. The minimum atomic E-state index is 0.757. The predicted octanol–water partition coefficient (Wildman–Crippen LogP) is 2.90. The third kappa shape index (κ3) is 2.28. The number of thiophene rings is 1. The molecule has 2 fully saturated rings. The molecule has 2 aliphatic rings. The highest BCUT2D eigenvalue weighted by Gasteiger charge is 2.40. The number of nitriles is 1. The molecule has 1 heterocycles. The number of rotatable bonds is 5. The van der Waals surface area contributed by atoms with E-state index in [0.717, 1.165) is 29.3 Å². The number of nitrogens with one attached hydrogen (secondary N) is 1. The highest BCUT2D eigenvalue weighted by atomic mass is 32.1. The summed E-state index contributed by atoms with van der Waals surface area (Å²) in [4.78, 5) is 2.12. The van der Waals surface area contributed by atoms with Crippen molar-refractivity contribution in [1.29, 1.82) is 5.26 Å². The molecular formula is C13H16N2S. The van der Waals surface area contributed by atoms with Gasteiger partial charge in [0.25, 0.3) is 0 Å². The smallest absolute Gasteiger partial charge is 0.110 e. The van der Waals surface area contributed by atoms with Gasteiger partial charge in [-0.3, -0.25) is 0 Å². The topological polar surface area (TPSA) is 35.8 Å². The second-order valence-corrected chi connectivity index (χ2v) is 6.13. The summed E-state index contributed by atoms with van der Waals surface area (Å²) in [6, 6.07) is 6.95. The van der Waals surface area contributed by atoms with Gasteiger partial charge in [0.2, 0.25) is 0 Å².